The Morgan fingerprint density at radius 2 is 1.88 bits per heavy atom. The molecule has 7 heteroatoms. The fourth-order valence-electron chi connectivity index (χ4n) is 2.31. The first-order chi connectivity index (χ1) is 12.5. The largest absolute Gasteiger partial charge is 0.324 e. The number of terminal acetylenes is 1. The molecule has 2 rings (SSSR count). The summed E-state index contributed by atoms with van der Waals surface area (Å²) in [6, 6.07) is 12.3. The first-order valence-electron chi connectivity index (χ1n) is 7.72. The summed E-state index contributed by atoms with van der Waals surface area (Å²) in [5, 5.41) is 2.64. The number of nitrogens with one attached hydrogen (secondary N) is 1. The van der Waals surface area contributed by atoms with Crippen LogP contribution in [0.5, 0.6) is 0 Å². The number of carbonyl (C=O) groups is 1. The number of carbonyl (C=O) groups excluding carboxylic acids is 1. The molecule has 0 aliphatic rings. The Kier molecular flexibility index (Phi) is 7.57. The number of halogens is 3. The van der Waals surface area contributed by atoms with E-state index >= 15 is 0 Å². The van der Waals surface area contributed by atoms with Gasteiger partial charge in [0.05, 0.1) is 18.8 Å². The van der Waals surface area contributed by atoms with Crippen molar-refractivity contribution in [3.05, 3.63) is 59.9 Å². The summed E-state index contributed by atoms with van der Waals surface area (Å²) in [5.41, 5.74) is 1.13. The van der Waals surface area contributed by atoms with Crippen molar-refractivity contribution < 1.29 is 18.0 Å². The van der Waals surface area contributed by atoms with E-state index in [1.165, 1.54) is 18.2 Å². The molecule has 0 aromatic heterocycles. The summed E-state index contributed by atoms with van der Waals surface area (Å²) in [6.45, 7) is 0.568. The van der Waals surface area contributed by atoms with Gasteiger partial charge in [-0.1, -0.05) is 41.9 Å². The van der Waals surface area contributed by atoms with Crippen LogP contribution in [0.1, 0.15) is 5.56 Å². The molecular formula is C19H17F3N2OS. The van der Waals surface area contributed by atoms with Crippen LogP contribution in [-0.2, 0) is 11.3 Å². The molecule has 0 fully saturated rings. The van der Waals surface area contributed by atoms with Gasteiger partial charge >= 0.3 is 0 Å². The summed E-state index contributed by atoms with van der Waals surface area (Å²) < 4.78 is 38.2. The molecule has 0 saturated heterocycles. The lowest BCUT2D eigenvalue weighted by Crippen LogP contribution is -2.33. The zero-order chi connectivity index (χ0) is 18.9. The minimum absolute atomic E-state index is 0.0186. The van der Waals surface area contributed by atoms with Crippen molar-refractivity contribution in [3.8, 4) is 12.3 Å². The second kappa shape index (κ2) is 9.90. The van der Waals surface area contributed by atoms with Crippen molar-refractivity contribution >= 4 is 23.4 Å². The molecular weight excluding hydrogens is 361 g/mol. The maximum Gasteiger partial charge on any atom is 0.288 e. The molecule has 0 radical (unpaired) electrons. The Balaban J connectivity index is 2.01. The van der Waals surface area contributed by atoms with Crippen LogP contribution < -0.4 is 5.32 Å². The van der Waals surface area contributed by atoms with Crippen LogP contribution >= 0.6 is 11.8 Å². The van der Waals surface area contributed by atoms with Crippen LogP contribution in [0.25, 0.3) is 0 Å². The quantitative estimate of drug-likeness (QED) is 0.552. The van der Waals surface area contributed by atoms with E-state index in [4.69, 9.17) is 6.42 Å². The highest BCUT2D eigenvalue weighted by atomic mass is 32.2. The van der Waals surface area contributed by atoms with Gasteiger partial charge in [0.15, 0.2) is 0 Å². The predicted molar refractivity (Wildman–Crippen MR) is 97.4 cm³/mol. The molecule has 2 aromatic carbocycles. The van der Waals surface area contributed by atoms with Gasteiger partial charge in [-0.2, -0.15) is 8.78 Å². The maximum atomic E-state index is 13.0. The second-order valence-corrected chi connectivity index (χ2v) is 6.43. The van der Waals surface area contributed by atoms with Crippen LogP contribution in [0.2, 0.25) is 0 Å². The van der Waals surface area contributed by atoms with E-state index in [-0.39, 0.29) is 29.7 Å². The molecule has 0 aliphatic carbocycles. The highest BCUT2D eigenvalue weighted by Crippen LogP contribution is 2.31. The molecule has 0 atom stereocenters. The minimum atomic E-state index is -2.58. The summed E-state index contributed by atoms with van der Waals surface area (Å²) in [4.78, 5) is 14.3. The molecule has 2 aromatic rings. The molecule has 0 aliphatic heterocycles. The average molecular weight is 378 g/mol. The number of thioether (sulfide) groups is 1. The average Bonchev–Trinajstić information content (AvgIpc) is 2.58. The van der Waals surface area contributed by atoms with Crippen molar-refractivity contribution in [2.45, 2.75) is 17.2 Å². The molecule has 0 saturated carbocycles. The highest BCUT2D eigenvalue weighted by molar-refractivity contribution is 7.99. The highest BCUT2D eigenvalue weighted by Gasteiger charge is 2.14. The Bertz CT molecular complexity index is 775. The summed E-state index contributed by atoms with van der Waals surface area (Å²) in [5.74, 6) is -0.819. The van der Waals surface area contributed by atoms with Crippen LogP contribution in [0.15, 0.2) is 53.4 Å². The van der Waals surface area contributed by atoms with Gasteiger partial charge in [-0.15, -0.1) is 6.42 Å². The van der Waals surface area contributed by atoms with Gasteiger partial charge in [0, 0.05) is 11.4 Å². The van der Waals surface area contributed by atoms with Crippen LogP contribution in [0, 0.1) is 18.2 Å². The summed E-state index contributed by atoms with van der Waals surface area (Å²) in [6.07, 6.45) is 5.34. The number of alkyl halides is 2. The normalized spacial score (nSPS) is 10.8. The van der Waals surface area contributed by atoms with Gasteiger partial charge in [-0.05, 0) is 29.8 Å². The van der Waals surface area contributed by atoms with E-state index in [1.807, 2.05) is 0 Å². The van der Waals surface area contributed by atoms with E-state index in [0.29, 0.717) is 24.0 Å². The Hall–Kier alpha value is -2.43. The number of benzene rings is 2. The topological polar surface area (TPSA) is 32.3 Å². The molecule has 0 bridgehead atoms. The van der Waals surface area contributed by atoms with Crippen molar-refractivity contribution in [2.24, 2.45) is 0 Å². The third-order valence-corrected chi connectivity index (χ3v) is 4.17. The molecule has 1 N–H and O–H groups in total. The Labute approximate surface area is 154 Å². The molecule has 0 spiro atoms. The van der Waals surface area contributed by atoms with Crippen LogP contribution in [-0.4, -0.2) is 29.7 Å². The summed E-state index contributed by atoms with van der Waals surface area (Å²) >= 11 is 0.371. The SMILES string of the molecule is C#CCN(CC(=O)Nc1ccccc1SC(F)F)Cc1ccc(F)cc1. The number of nitrogens with zero attached hydrogens (tertiary/aromatic N) is 1. The smallest absolute Gasteiger partial charge is 0.288 e. The molecule has 0 heterocycles. The fourth-order valence-corrected chi connectivity index (χ4v) is 2.90. The van der Waals surface area contributed by atoms with E-state index in [0.717, 1.165) is 5.56 Å². The predicted octanol–water partition coefficient (Wildman–Crippen LogP) is 4.21. The molecule has 0 unspecified atom stereocenters. The van der Waals surface area contributed by atoms with Gasteiger partial charge in [0.25, 0.3) is 5.76 Å². The standard InChI is InChI=1S/C19H17F3N2OS/c1-2-11-24(12-14-7-9-15(20)10-8-14)13-18(25)23-16-5-3-4-6-17(16)26-19(21)22/h1,3-10,19H,11-13H2,(H,23,25). The van der Waals surface area contributed by atoms with Gasteiger partial charge in [0.1, 0.15) is 5.82 Å². The van der Waals surface area contributed by atoms with Gasteiger partial charge < -0.3 is 5.32 Å². The number of amides is 1. The van der Waals surface area contributed by atoms with E-state index in [1.54, 1.807) is 35.2 Å². The van der Waals surface area contributed by atoms with Crippen molar-refractivity contribution in [1.82, 2.24) is 4.90 Å². The molecule has 26 heavy (non-hydrogen) atoms. The zero-order valence-corrected chi connectivity index (χ0v) is 14.6. The lowest BCUT2D eigenvalue weighted by Gasteiger charge is -2.20. The molecule has 1 amide bonds. The number of hydrogen-bond donors (Lipinski definition) is 1. The van der Waals surface area contributed by atoms with Crippen LogP contribution in [0.3, 0.4) is 0 Å². The van der Waals surface area contributed by atoms with Crippen LogP contribution in [0.4, 0.5) is 18.9 Å². The Morgan fingerprint density at radius 3 is 2.54 bits per heavy atom. The third-order valence-electron chi connectivity index (χ3n) is 3.38. The third kappa shape index (κ3) is 6.47. The van der Waals surface area contributed by atoms with Gasteiger partial charge in [-0.3, -0.25) is 9.69 Å². The second-order valence-electron chi connectivity index (χ2n) is 5.40. The number of hydrogen-bond acceptors (Lipinski definition) is 3. The van der Waals surface area contributed by atoms with Gasteiger partial charge in [-0.25, -0.2) is 4.39 Å². The van der Waals surface area contributed by atoms with Crippen molar-refractivity contribution in [1.29, 1.82) is 0 Å². The first-order valence-corrected chi connectivity index (χ1v) is 8.60. The molecule has 136 valence electrons. The lowest BCUT2D eigenvalue weighted by atomic mass is 10.2. The maximum absolute atomic E-state index is 13.0. The number of anilines is 1. The number of rotatable bonds is 8. The van der Waals surface area contributed by atoms with Crippen molar-refractivity contribution in [2.75, 3.05) is 18.4 Å². The van der Waals surface area contributed by atoms with Crippen molar-refractivity contribution in [3.63, 3.8) is 0 Å². The monoisotopic (exact) mass is 378 g/mol. The molecule has 3 nitrogen and oxygen atoms in total. The minimum Gasteiger partial charge on any atom is -0.324 e. The Morgan fingerprint density at radius 1 is 1.19 bits per heavy atom. The number of para-hydroxylation sites is 1. The van der Waals surface area contributed by atoms with E-state index < -0.39 is 5.76 Å². The fraction of sp³-hybridized carbons (Fsp3) is 0.211. The summed E-state index contributed by atoms with van der Waals surface area (Å²) in [7, 11) is 0. The lowest BCUT2D eigenvalue weighted by molar-refractivity contribution is -0.117. The van der Waals surface area contributed by atoms with E-state index in [2.05, 4.69) is 11.2 Å². The van der Waals surface area contributed by atoms with E-state index in [9.17, 15) is 18.0 Å². The first kappa shape index (κ1) is 19.9. The zero-order valence-electron chi connectivity index (χ0n) is 13.8. The van der Waals surface area contributed by atoms with Gasteiger partial charge in [0.2, 0.25) is 5.91 Å².